The summed E-state index contributed by atoms with van der Waals surface area (Å²) < 4.78 is 107. The molecule has 0 spiro atoms. The molecular formula is C77H107N5O27. The number of rotatable bonds is 57. The summed E-state index contributed by atoms with van der Waals surface area (Å²) in [5.41, 5.74) is 2.27. The van der Waals surface area contributed by atoms with Crippen LogP contribution in [0.1, 0.15) is 101 Å². The molecular weight excluding hydrogens is 1430 g/mol. The minimum atomic E-state index is -1.12. The van der Waals surface area contributed by atoms with Crippen LogP contribution in [0.5, 0.6) is 40.2 Å². The van der Waals surface area contributed by atoms with Gasteiger partial charge < -0.3 is 106 Å². The molecule has 3 aliphatic heterocycles. The molecule has 4 aromatic rings. The Balaban J connectivity index is 0.622. The first-order chi connectivity index (χ1) is 53.2. The van der Waals surface area contributed by atoms with Gasteiger partial charge in [-0.25, -0.2) is 4.79 Å². The molecule has 32 nitrogen and oxygen atoms in total. The van der Waals surface area contributed by atoms with Crippen LogP contribution in [0.4, 0.5) is 0 Å². The van der Waals surface area contributed by atoms with Gasteiger partial charge in [0, 0.05) is 26.1 Å². The van der Waals surface area contributed by atoms with Crippen molar-refractivity contribution in [3.63, 3.8) is 0 Å². The monoisotopic (exact) mass is 1530 g/mol. The number of fused-ring (bicyclic) bond motifs is 1. The van der Waals surface area contributed by atoms with E-state index in [1.807, 2.05) is 31.2 Å². The molecule has 3 heterocycles. The van der Waals surface area contributed by atoms with E-state index in [2.05, 4.69) is 16.0 Å². The highest BCUT2D eigenvalue weighted by atomic mass is 16.6. The Kier molecular flexibility index (Phi) is 40.2. The zero-order valence-electron chi connectivity index (χ0n) is 63.4. The second kappa shape index (κ2) is 50.1. The van der Waals surface area contributed by atoms with Crippen LogP contribution in [0.15, 0.2) is 72.8 Å². The number of nitrogens with zero attached hydrogens (tertiary/aromatic N) is 2. The van der Waals surface area contributed by atoms with E-state index in [0.29, 0.717) is 210 Å². The molecule has 602 valence electrons. The number of imide groups is 2. The molecule has 2 fully saturated rings. The molecule has 3 N–H and O–H groups in total. The van der Waals surface area contributed by atoms with E-state index in [1.54, 1.807) is 49.5 Å². The largest absolute Gasteiger partial charge is 0.493 e. The first-order valence-corrected chi connectivity index (χ1v) is 36.8. The zero-order chi connectivity index (χ0) is 77.8. The summed E-state index contributed by atoms with van der Waals surface area (Å²) in [5.74, 6) is -1.86. The second-order valence-corrected chi connectivity index (χ2v) is 24.8. The van der Waals surface area contributed by atoms with E-state index in [4.69, 9.17) is 90.0 Å². The van der Waals surface area contributed by atoms with Gasteiger partial charge in [-0.2, -0.15) is 0 Å². The number of aryl methyl sites for hydroxylation is 1. The Morgan fingerprint density at radius 2 is 1.01 bits per heavy atom. The van der Waals surface area contributed by atoms with E-state index in [0.717, 1.165) is 23.3 Å². The lowest BCUT2D eigenvalue weighted by atomic mass is 9.91. The number of hydrogen-bond acceptors (Lipinski definition) is 27. The van der Waals surface area contributed by atoms with Crippen molar-refractivity contribution in [2.45, 2.75) is 82.4 Å². The summed E-state index contributed by atoms with van der Waals surface area (Å²) in [5, 5.41) is 7.61. The molecule has 7 rings (SSSR count). The quantitative estimate of drug-likeness (QED) is 0.0304. The average Bonchev–Trinajstić information content (AvgIpc) is 1.61. The van der Waals surface area contributed by atoms with Crippen LogP contribution in [-0.4, -0.2) is 283 Å². The van der Waals surface area contributed by atoms with Gasteiger partial charge in [0.15, 0.2) is 36.2 Å². The number of esters is 1. The third-order valence-electron chi connectivity index (χ3n) is 17.5. The van der Waals surface area contributed by atoms with Crippen LogP contribution in [-0.2, 0) is 92.0 Å². The highest BCUT2D eigenvalue weighted by Gasteiger charge is 2.46. The number of nitrogens with one attached hydrogen (secondary N) is 3. The molecule has 0 aliphatic carbocycles. The lowest BCUT2D eigenvalue weighted by Gasteiger charge is -2.37. The molecule has 0 aromatic heterocycles. The molecule has 1 unspecified atom stereocenters. The molecule has 4 aromatic carbocycles. The SMILES string of the molecule is CC[C@H](C(=O)N1CCCC[C@H]1C(=O)O[C@H](CCc1ccc(OC)c(OC)c1)c1cccc(OCC(=O)NCCOCCOCCOCCOCCOCCOCCOCCOCCOCCOCCOCCNC(=O)COc2cccc3c2C(=O)N(C2CCC(=O)NC2=O)C3=O)c1)c1cc(OC)c(OC)c(OC)c1. The van der Waals surface area contributed by atoms with Gasteiger partial charge in [0.2, 0.25) is 23.5 Å². The highest BCUT2D eigenvalue weighted by molar-refractivity contribution is 6.24. The number of likely N-dealkylation sites (tertiary alicyclic amines) is 1. The van der Waals surface area contributed by atoms with Gasteiger partial charge >= 0.3 is 5.97 Å². The maximum Gasteiger partial charge on any atom is 0.329 e. The van der Waals surface area contributed by atoms with Crippen LogP contribution in [0.2, 0.25) is 0 Å². The normalized spacial score (nSPS) is 15.4. The number of benzene rings is 4. The van der Waals surface area contributed by atoms with Crippen molar-refractivity contribution < 1.29 is 128 Å². The van der Waals surface area contributed by atoms with E-state index in [1.165, 1.54) is 39.5 Å². The molecule has 7 amide bonds. The van der Waals surface area contributed by atoms with Gasteiger partial charge in [0.25, 0.3) is 23.6 Å². The van der Waals surface area contributed by atoms with E-state index < -0.39 is 66.2 Å². The molecule has 0 saturated carbocycles. The Hall–Kier alpha value is -8.80. The smallest absolute Gasteiger partial charge is 0.329 e. The van der Waals surface area contributed by atoms with Crippen molar-refractivity contribution in [3.05, 3.63) is 101 Å². The molecule has 109 heavy (non-hydrogen) atoms. The van der Waals surface area contributed by atoms with Gasteiger partial charge in [-0.3, -0.25) is 43.8 Å². The predicted molar refractivity (Wildman–Crippen MR) is 391 cm³/mol. The third kappa shape index (κ3) is 29.2. The Morgan fingerprint density at radius 1 is 0.505 bits per heavy atom. The number of ether oxygens (including phenoxy) is 19. The Labute approximate surface area is 636 Å². The van der Waals surface area contributed by atoms with Crippen molar-refractivity contribution >= 4 is 47.3 Å². The molecule has 3 aliphatic rings. The minimum Gasteiger partial charge on any atom is -0.493 e. The fourth-order valence-corrected chi connectivity index (χ4v) is 12.0. The van der Waals surface area contributed by atoms with Crippen LogP contribution < -0.4 is 49.1 Å². The van der Waals surface area contributed by atoms with Gasteiger partial charge in [-0.15, -0.1) is 0 Å². The molecule has 4 atom stereocenters. The molecule has 0 bridgehead atoms. The van der Waals surface area contributed by atoms with Crippen molar-refractivity contribution in [2.24, 2.45) is 0 Å². The summed E-state index contributed by atoms with van der Waals surface area (Å²) in [7, 11) is 7.71. The standard InChI is InChI=1S/C77H107N5O27/c1-7-58(56-50-66(93-4)72(95-6)67(51-56)94-5)74(87)81-25-9-8-15-61(81)77(90)109-62(20-17-54-18-21-63(91-2)65(48-54)92-3)55-12-10-13-57(49-55)107-52-69(84)78-23-26-96-28-30-98-32-34-100-36-38-102-40-42-104-44-46-106-47-45-105-43-41-103-39-37-101-35-33-99-31-29-97-27-24-79-70(85)53-108-64-16-11-14-59-71(64)76(89)82(75(59)88)60-19-22-68(83)80-73(60)86/h10-14,16,18,21,48-51,58,60-62H,7-9,15,17,19-20,22-47,52-53H2,1-6H3,(H,78,84)(H,79,85)(H,80,83,86)/t58-,60?,61-,62+/m0/s1. The van der Waals surface area contributed by atoms with Crippen LogP contribution in [0.3, 0.4) is 0 Å². The number of amides is 7. The van der Waals surface area contributed by atoms with Gasteiger partial charge in [0.05, 0.1) is 198 Å². The van der Waals surface area contributed by atoms with Crippen LogP contribution >= 0.6 is 0 Å². The fraction of sp³-hybridized carbons (Fsp3) is 0.584. The maximum atomic E-state index is 14.6. The summed E-state index contributed by atoms with van der Waals surface area (Å²) in [4.78, 5) is 107. The van der Waals surface area contributed by atoms with E-state index >= 15 is 0 Å². The van der Waals surface area contributed by atoms with Crippen molar-refractivity contribution in [3.8, 4) is 40.2 Å². The number of carbonyl (C=O) groups excluding carboxylic acids is 8. The summed E-state index contributed by atoms with van der Waals surface area (Å²) in [6, 6.07) is 18.8. The predicted octanol–water partition coefficient (Wildman–Crippen LogP) is 4.80. The lowest BCUT2D eigenvalue weighted by molar-refractivity contribution is -0.162. The summed E-state index contributed by atoms with van der Waals surface area (Å²) in [6.07, 6.45) is 2.51. The fourth-order valence-electron chi connectivity index (χ4n) is 12.0. The maximum absolute atomic E-state index is 14.6. The van der Waals surface area contributed by atoms with Gasteiger partial charge in [-0.1, -0.05) is 31.2 Å². The lowest BCUT2D eigenvalue weighted by Crippen LogP contribution is -2.54. The van der Waals surface area contributed by atoms with Crippen molar-refractivity contribution in [1.29, 1.82) is 0 Å². The third-order valence-corrected chi connectivity index (χ3v) is 17.5. The highest BCUT2D eigenvalue weighted by Crippen LogP contribution is 2.42. The molecule has 32 heteroatoms. The van der Waals surface area contributed by atoms with E-state index in [-0.39, 0.29) is 74.4 Å². The zero-order valence-corrected chi connectivity index (χ0v) is 63.4. The number of methoxy groups -OCH3 is 5. The van der Waals surface area contributed by atoms with Crippen LogP contribution in [0.25, 0.3) is 0 Å². The first-order valence-electron chi connectivity index (χ1n) is 36.8. The average molecular weight is 1530 g/mol. The van der Waals surface area contributed by atoms with Gasteiger partial charge in [-0.05, 0) is 110 Å². The summed E-state index contributed by atoms with van der Waals surface area (Å²) in [6.45, 7) is 10.4. The van der Waals surface area contributed by atoms with Crippen molar-refractivity contribution in [2.75, 3.05) is 214 Å². The Morgan fingerprint density at radius 3 is 1.50 bits per heavy atom. The molecule has 2 saturated heterocycles. The summed E-state index contributed by atoms with van der Waals surface area (Å²) >= 11 is 0. The number of carbonyl (C=O) groups is 8. The van der Waals surface area contributed by atoms with Crippen molar-refractivity contribution in [1.82, 2.24) is 25.8 Å². The number of piperidine rings is 2. The number of hydrogen-bond donors (Lipinski definition) is 3. The topological polar surface area (TPSA) is 354 Å². The van der Waals surface area contributed by atoms with E-state index in [9.17, 15) is 38.4 Å². The minimum absolute atomic E-state index is 0.00223. The molecule has 0 radical (unpaired) electrons. The van der Waals surface area contributed by atoms with Crippen LogP contribution in [0, 0.1) is 0 Å². The second-order valence-electron chi connectivity index (χ2n) is 24.8. The Bertz CT molecular complexity index is 3450. The van der Waals surface area contributed by atoms with Gasteiger partial charge in [0.1, 0.15) is 29.7 Å². The first kappa shape index (κ1) is 87.4.